The van der Waals surface area contributed by atoms with E-state index in [4.69, 9.17) is 5.11 Å². The van der Waals surface area contributed by atoms with Crippen LogP contribution in [-0.4, -0.2) is 36.0 Å². The number of carbonyl (C=O) groups is 3. The van der Waals surface area contributed by atoms with Gasteiger partial charge in [-0.25, -0.2) is 0 Å². The number of hydrogen-bond donors (Lipinski definition) is 3. The molecule has 0 spiro atoms. The van der Waals surface area contributed by atoms with Crippen LogP contribution in [0.4, 0.5) is 0 Å². The van der Waals surface area contributed by atoms with E-state index in [0.29, 0.717) is 12.8 Å². The van der Waals surface area contributed by atoms with Gasteiger partial charge in [-0.1, -0.05) is 90.4 Å². The largest absolute Gasteiger partial charge is 0.480 e. The quantitative estimate of drug-likeness (QED) is 0.203. The topological polar surface area (TPSA) is 95.5 Å². The number of carboxylic acid groups (broad SMARTS) is 1. The van der Waals surface area contributed by atoms with Crippen molar-refractivity contribution in [1.82, 2.24) is 10.6 Å². The number of nitrogens with one attached hydrogen (secondary N) is 2. The van der Waals surface area contributed by atoms with Crippen LogP contribution in [0.2, 0.25) is 0 Å². The van der Waals surface area contributed by atoms with Crippen LogP contribution in [0, 0.1) is 0 Å². The molecule has 6 heteroatoms. The maximum Gasteiger partial charge on any atom is 0.322 e. The predicted molar refractivity (Wildman–Crippen MR) is 122 cm³/mol. The maximum absolute atomic E-state index is 11.7. The molecular weight excluding hydrogens is 380 g/mol. The smallest absolute Gasteiger partial charge is 0.322 e. The molecule has 6 nitrogen and oxygen atoms in total. The van der Waals surface area contributed by atoms with Crippen LogP contribution in [0.15, 0.2) is 0 Å². The fourth-order valence-electron chi connectivity index (χ4n) is 3.47. The van der Waals surface area contributed by atoms with E-state index >= 15 is 0 Å². The first-order valence-corrected chi connectivity index (χ1v) is 12.3. The van der Waals surface area contributed by atoms with Crippen LogP contribution in [0.3, 0.4) is 0 Å². The molecule has 0 fully saturated rings. The van der Waals surface area contributed by atoms with Gasteiger partial charge >= 0.3 is 5.97 Å². The molecule has 0 rings (SSSR count). The fraction of sp³-hybridized carbons (Fsp3) is 0.875. The normalized spacial score (nSPS) is 10.7. The third-order valence-corrected chi connectivity index (χ3v) is 5.35. The van der Waals surface area contributed by atoms with Crippen molar-refractivity contribution in [1.29, 1.82) is 0 Å². The second kappa shape index (κ2) is 22.1. The number of hydrogen-bond acceptors (Lipinski definition) is 3. The SMILES string of the molecule is CCCCCCNC(=O)CCCCCCCCCCCCCCC(=O)NCC(=O)O. The minimum atomic E-state index is -1.00. The Morgan fingerprint density at radius 2 is 0.967 bits per heavy atom. The summed E-state index contributed by atoms with van der Waals surface area (Å²) in [6.07, 6.45) is 19.9. The number of unbranched alkanes of at least 4 members (excludes halogenated alkanes) is 14. The van der Waals surface area contributed by atoms with Gasteiger partial charge in [0.15, 0.2) is 0 Å². The van der Waals surface area contributed by atoms with Gasteiger partial charge in [-0.05, 0) is 19.3 Å². The summed E-state index contributed by atoms with van der Waals surface area (Å²) in [7, 11) is 0. The molecule has 0 aliphatic rings. The first-order valence-electron chi connectivity index (χ1n) is 12.3. The predicted octanol–water partition coefficient (Wildman–Crippen LogP) is 5.35. The highest BCUT2D eigenvalue weighted by atomic mass is 16.4. The molecule has 0 aliphatic heterocycles. The zero-order valence-electron chi connectivity index (χ0n) is 19.3. The zero-order valence-corrected chi connectivity index (χ0v) is 19.3. The van der Waals surface area contributed by atoms with Crippen LogP contribution < -0.4 is 10.6 Å². The van der Waals surface area contributed by atoms with Gasteiger partial charge in [0.1, 0.15) is 6.54 Å². The van der Waals surface area contributed by atoms with Crippen molar-refractivity contribution < 1.29 is 19.5 Å². The van der Waals surface area contributed by atoms with Crippen molar-refractivity contribution in [2.24, 2.45) is 0 Å². The van der Waals surface area contributed by atoms with Gasteiger partial charge in [-0.2, -0.15) is 0 Å². The molecule has 0 aromatic rings. The Morgan fingerprint density at radius 3 is 1.40 bits per heavy atom. The minimum absolute atomic E-state index is 0.166. The average molecular weight is 427 g/mol. The Labute approximate surface area is 184 Å². The van der Waals surface area contributed by atoms with Crippen molar-refractivity contribution in [3.8, 4) is 0 Å². The first kappa shape index (κ1) is 28.4. The van der Waals surface area contributed by atoms with Gasteiger partial charge in [-0.15, -0.1) is 0 Å². The van der Waals surface area contributed by atoms with Crippen molar-refractivity contribution in [2.75, 3.05) is 13.1 Å². The second-order valence-electron chi connectivity index (χ2n) is 8.32. The third-order valence-electron chi connectivity index (χ3n) is 5.35. The van der Waals surface area contributed by atoms with Gasteiger partial charge in [0.2, 0.25) is 11.8 Å². The molecule has 0 aliphatic carbocycles. The van der Waals surface area contributed by atoms with Crippen LogP contribution in [0.5, 0.6) is 0 Å². The minimum Gasteiger partial charge on any atom is -0.480 e. The van der Waals surface area contributed by atoms with E-state index in [1.807, 2.05) is 0 Å². The molecule has 0 bridgehead atoms. The van der Waals surface area contributed by atoms with Crippen molar-refractivity contribution in [3.05, 3.63) is 0 Å². The highest BCUT2D eigenvalue weighted by Gasteiger charge is 2.03. The lowest BCUT2D eigenvalue weighted by Crippen LogP contribution is -2.28. The number of aliphatic carboxylic acids is 1. The van der Waals surface area contributed by atoms with E-state index < -0.39 is 5.97 Å². The third kappa shape index (κ3) is 22.7. The zero-order chi connectivity index (χ0) is 22.3. The Kier molecular flexibility index (Phi) is 20.9. The molecular formula is C24H46N2O4. The Hall–Kier alpha value is -1.59. The Morgan fingerprint density at radius 1 is 0.567 bits per heavy atom. The van der Waals surface area contributed by atoms with E-state index in [0.717, 1.165) is 45.1 Å². The molecule has 0 saturated carbocycles. The van der Waals surface area contributed by atoms with Gasteiger partial charge < -0.3 is 15.7 Å². The lowest BCUT2D eigenvalue weighted by atomic mass is 10.0. The molecule has 176 valence electrons. The summed E-state index contributed by atoms with van der Waals surface area (Å²) in [6.45, 7) is 2.75. The van der Waals surface area contributed by atoms with Gasteiger partial charge in [0.25, 0.3) is 0 Å². The highest BCUT2D eigenvalue weighted by molar-refractivity contribution is 5.80. The van der Waals surface area contributed by atoms with E-state index in [2.05, 4.69) is 17.6 Å². The summed E-state index contributed by atoms with van der Waals surface area (Å²) >= 11 is 0. The second-order valence-corrected chi connectivity index (χ2v) is 8.32. The summed E-state index contributed by atoms with van der Waals surface area (Å²) in [5.41, 5.74) is 0. The van der Waals surface area contributed by atoms with Crippen LogP contribution in [0.25, 0.3) is 0 Å². The maximum atomic E-state index is 11.7. The van der Waals surface area contributed by atoms with E-state index in [1.165, 1.54) is 64.2 Å². The molecule has 0 aromatic heterocycles. The summed E-state index contributed by atoms with van der Waals surface area (Å²) in [5, 5.41) is 13.9. The monoisotopic (exact) mass is 426 g/mol. The lowest BCUT2D eigenvalue weighted by Gasteiger charge is -2.05. The van der Waals surface area contributed by atoms with Crippen LogP contribution >= 0.6 is 0 Å². The first-order chi connectivity index (χ1) is 14.6. The van der Waals surface area contributed by atoms with Crippen molar-refractivity contribution in [3.63, 3.8) is 0 Å². The van der Waals surface area contributed by atoms with Gasteiger partial charge in [0.05, 0.1) is 0 Å². The molecule has 0 heterocycles. The summed E-state index contributed by atoms with van der Waals surface area (Å²) < 4.78 is 0. The van der Waals surface area contributed by atoms with Crippen LogP contribution in [0.1, 0.15) is 122 Å². The highest BCUT2D eigenvalue weighted by Crippen LogP contribution is 2.13. The number of carboxylic acids is 1. The number of carbonyl (C=O) groups excluding carboxylic acids is 2. The summed E-state index contributed by atoms with van der Waals surface area (Å²) in [6, 6.07) is 0. The van der Waals surface area contributed by atoms with Gasteiger partial charge in [-0.3, -0.25) is 14.4 Å². The van der Waals surface area contributed by atoms with E-state index in [-0.39, 0.29) is 18.4 Å². The van der Waals surface area contributed by atoms with Crippen molar-refractivity contribution >= 4 is 17.8 Å². The Balaban J connectivity index is 3.20. The fourth-order valence-corrected chi connectivity index (χ4v) is 3.47. The van der Waals surface area contributed by atoms with Gasteiger partial charge in [0, 0.05) is 19.4 Å². The number of rotatable bonds is 22. The average Bonchev–Trinajstić information content (AvgIpc) is 2.72. The molecule has 0 radical (unpaired) electrons. The lowest BCUT2D eigenvalue weighted by molar-refractivity contribution is -0.138. The molecule has 2 amide bonds. The molecule has 0 aromatic carbocycles. The molecule has 0 unspecified atom stereocenters. The molecule has 0 atom stereocenters. The molecule has 30 heavy (non-hydrogen) atoms. The van der Waals surface area contributed by atoms with Crippen molar-refractivity contribution in [2.45, 2.75) is 122 Å². The number of amides is 2. The van der Waals surface area contributed by atoms with E-state index in [9.17, 15) is 14.4 Å². The summed E-state index contributed by atoms with van der Waals surface area (Å²) in [4.78, 5) is 33.4. The van der Waals surface area contributed by atoms with Crippen LogP contribution in [-0.2, 0) is 14.4 Å². The van der Waals surface area contributed by atoms with E-state index in [1.54, 1.807) is 0 Å². The molecule has 3 N–H and O–H groups in total. The standard InChI is InChI=1S/C24H46N2O4/c1-2-3-4-17-20-25-22(27)18-15-13-11-9-7-5-6-8-10-12-14-16-19-23(28)26-21-24(29)30/h2-21H2,1H3,(H,25,27)(H,26,28)(H,29,30). The summed E-state index contributed by atoms with van der Waals surface area (Å²) in [5.74, 6) is -0.952. The molecule has 0 saturated heterocycles. The Bertz CT molecular complexity index is 441.